The van der Waals surface area contributed by atoms with E-state index < -0.39 is 6.04 Å². The molecule has 2 amide bonds. The number of hydrogen-bond donors (Lipinski definition) is 2. The minimum Gasteiger partial charge on any atom is -0.494 e. The number of piperazine rings is 1. The van der Waals surface area contributed by atoms with Gasteiger partial charge in [0.05, 0.1) is 19.1 Å². The normalized spacial score (nSPS) is 17.0. The molecule has 0 radical (unpaired) electrons. The molecular weight excluding hydrogens is 356 g/mol. The highest BCUT2D eigenvalue weighted by molar-refractivity contribution is 5.88. The number of carbonyl (C=O) groups excluding carboxylic acids is 2. The van der Waals surface area contributed by atoms with E-state index in [4.69, 9.17) is 4.74 Å². The van der Waals surface area contributed by atoms with Crippen LogP contribution in [0.25, 0.3) is 0 Å². The van der Waals surface area contributed by atoms with Crippen molar-refractivity contribution in [3.05, 3.63) is 59.9 Å². The molecule has 1 unspecified atom stereocenters. The highest BCUT2D eigenvalue weighted by Crippen LogP contribution is 2.17. The minimum atomic E-state index is -0.478. The van der Waals surface area contributed by atoms with Gasteiger partial charge >= 0.3 is 0 Å². The molecule has 148 valence electrons. The first-order valence-corrected chi connectivity index (χ1v) is 9.55. The van der Waals surface area contributed by atoms with Crippen LogP contribution in [-0.2, 0) is 22.7 Å². The van der Waals surface area contributed by atoms with Gasteiger partial charge in [0.25, 0.3) is 0 Å². The lowest BCUT2D eigenvalue weighted by Gasteiger charge is -2.34. The molecule has 1 aromatic carbocycles. The van der Waals surface area contributed by atoms with Crippen LogP contribution in [0, 0.1) is 0 Å². The molecule has 0 aliphatic carbocycles. The number of nitrogens with one attached hydrogen (secondary N) is 2. The summed E-state index contributed by atoms with van der Waals surface area (Å²) < 4.78 is 5.47. The smallest absolute Gasteiger partial charge is 0.237 e. The summed E-state index contributed by atoms with van der Waals surface area (Å²) in [5.41, 5.74) is 2.01. The summed E-state index contributed by atoms with van der Waals surface area (Å²) in [5.74, 6) is 0.574. The molecule has 28 heavy (non-hydrogen) atoms. The Kier molecular flexibility index (Phi) is 6.97. The summed E-state index contributed by atoms with van der Waals surface area (Å²) in [5, 5.41) is 5.73. The first kappa shape index (κ1) is 19.8. The molecule has 7 heteroatoms. The van der Waals surface area contributed by atoms with E-state index in [1.54, 1.807) is 12.4 Å². The van der Waals surface area contributed by atoms with Gasteiger partial charge in [0.1, 0.15) is 5.75 Å². The number of rotatable bonds is 8. The second-order valence-corrected chi connectivity index (χ2v) is 6.70. The van der Waals surface area contributed by atoms with Crippen molar-refractivity contribution in [1.29, 1.82) is 0 Å². The number of carbonyl (C=O) groups is 2. The van der Waals surface area contributed by atoms with Crippen molar-refractivity contribution in [2.45, 2.75) is 32.5 Å². The van der Waals surface area contributed by atoms with Gasteiger partial charge in [-0.2, -0.15) is 0 Å². The molecule has 2 heterocycles. The van der Waals surface area contributed by atoms with Crippen molar-refractivity contribution in [2.75, 3.05) is 19.7 Å². The fourth-order valence-electron chi connectivity index (χ4n) is 3.22. The van der Waals surface area contributed by atoms with Crippen LogP contribution in [0.3, 0.4) is 0 Å². The fraction of sp³-hybridized carbons (Fsp3) is 0.381. The number of pyridine rings is 1. The second-order valence-electron chi connectivity index (χ2n) is 6.70. The number of ether oxygens (including phenoxy) is 1. The standard InChI is InChI=1S/C21H26N4O3/c1-2-28-18-7-5-16(6-8-18)15-25-11-10-23-21(27)19(25)12-20(26)24-14-17-4-3-9-22-13-17/h3-9,13,19H,2,10-12,14-15H2,1H3,(H,23,27)(H,24,26). The molecule has 7 nitrogen and oxygen atoms in total. The largest absolute Gasteiger partial charge is 0.494 e. The molecule has 1 aliphatic heterocycles. The molecule has 1 aromatic heterocycles. The van der Waals surface area contributed by atoms with Gasteiger partial charge in [-0.15, -0.1) is 0 Å². The summed E-state index contributed by atoms with van der Waals surface area (Å²) >= 11 is 0. The molecule has 0 spiro atoms. The van der Waals surface area contributed by atoms with E-state index in [1.807, 2.05) is 43.3 Å². The maximum atomic E-state index is 12.4. The molecule has 3 rings (SSSR count). The Morgan fingerprint density at radius 2 is 2.11 bits per heavy atom. The van der Waals surface area contributed by atoms with Crippen LogP contribution in [0.15, 0.2) is 48.8 Å². The first-order valence-electron chi connectivity index (χ1n) is 9.55. The van der Waals surface area contributed by atoms with Gasteiger partial charge in [-0.1, -0.05) is 18.2 Å². The van der Waals surface area contributed by atoms with Gasteiger partial charge in [-0.3, -0.25) is 19.5 Å². The number of benzene rings is 1. The van der Waals surface area contributed by atoms with E-state index in [0.29, 0.717) is 32.8 Å². The lowest BCUT2D eigenvalue weighted by molar-refractivity contribution is -0.134. The van der Waals surface area contributed by atoms with Gasteiger partial charge in [0, 0.05) is 38.6 Å². The van der Waals surface area contributed by atoms with Crippen LogP contribution in [0.5, 0.6) is 5.75 Å². The van der Waals surface area contributed by atoms with Crippen LogP contribution in [0.1, 0.15) is 24.5 Å². The van der Waals surface area contributed by atoms with E-state index >= 15 is 0 Å². The molecular formula is C21H26N4O3. The number of amides is 2. The van der Waals surface area contributed by atoms with Gasteiger partial charge in [-0.05, 0) is 36.2 Å². The summed E-state index contributed by atoms with van der Waals surface area (Å²) in [6.45, 7) is 4.88. The molecule has 1 saturated heterocycles. The SMILES string of the molecule is CCOc1ccc(CN2CCNC(=O)C2CC(=O)NCc2cccnc2)cc1. The average Bonchev–Trinajstić information content (AvgIpc) is 2.71. The van der Waals surface area contributed by atoms with Crippen LogP contribution in [0.4, 0.5) is 0 Å². The third kappa shape index (κ3) is 5.53. The Labute approximate surface area is 165 Å². The number of hydrogen-bond acceptors (Lipinski definition) is 5. The lowest BCUT2D eigenvalue weighted by Crippen LogP contribution is -2.56. The summed E-state index contributed by atoms with van der Waals surface area (Å²) in [7, 11) is 0. The maximum absolute atomic E-state index is 12.4. The first-order chi connectivity index (χ1) is 13.7. The van der Waals surface area contributed by atoms with Crippen molar-refractivity contribution in [3.8, 4) is 5.75 Å². The summed E-state index contributed by atoms with van der Waals surface area (Å²) in [6.07, 6.45) is 3.53. The van der Waals surface area contributed by atoms with Gasteiger partial charge in [0.2, 0.25) is 11.8 Å². The summed E-state index contributed by atoms with van der Waals surface area (Å²) in [4.78, 5) is 30.9. The third-order valence-corrected chi connectivity index (χ3v) is 4.65. The molecule has 1 fully saturated rings. The topological polar surface area (TPSA) is 83.6 Å². The highest BCUT2D eigenvalue weighted by Gasteiger charge is 2.31. The average molecular weight is 382 g/mol. The fourth-order valence-corrected chi connectivity index (χ4v) is 3.22. The molecule has 1 atom stereocenters. The van der Waals surface area contributed by atoms with Crippen LogP contribution in [0.2, 0.25) is 0 Å². The molecule has 0 saturated carbocycles. The van der Waals surface area contributed by atoms with E-state index in [2.05, 4.69) is 20.5 Å². The van der Waals surface area contributed by atoms with Crippen LogP contribution < -0.4 is 15.4 Å². The van der Waals surface area contributed by atoms with Gasteiger partial charge in [-0.25, -0.2) is 0 Å². The Morgan fingerprint density at radius 3 is 2.82 bits per heavy atom. The minimum absolute atomic E-state index is 0.103. The van der Waals surface area contributed by atoms with Crippen molar-refractivity contribution < 1.29 is 14.3 Å². The van der Waals surface area contributed by atoms with Gasteiger partial charge in [0.15, 0.2) is 0 Å². The predicted octanol–water partition coefficient (Wildman–Crippen LogP) is 1.49. The zero-order chi connectivity index (χ0) is 19.8. The Hall–Kier alpha value is -2.93. The van der Waals surface area contributed by atoms with Crippen LogP contribution >= 0.6 is 0 Å². The maximum Gasteiger partial charge on any atom is 0.237 e. The molecule has 0 bridgehead atoms. The summed E-state index contributed by atoms with van der Waals surface area (Å²) in [6, 6.07) is 11.1. The quantitative estimate of drug-likeness (QED) is 0.723. The number of nitrogens with zero attached hydrogens (tertiary/aromatic N) is 2. The van der Waals surface area contributed by atoms with E-state index in [0.717, 1.165) is 16.9 Å². The van der Waals surface area contributed by atoms with Crippen molar-refractivity contribution in [2.24, 2.45) is 0 Å². The zero-order valence-corrected chi connectivity index (χ0v) is 16.1. The van der Waals surface area contributed by atoms with Crippen molar-refractivity contribution in [1.82, 2.24) is 20.5 Å². The van der Waals surface area contributed by atoms with E-state index in [1.165, 1.54) is 0 Å². The van der Waals surface area contributed by atoms with Crippen molar-refractivity contribution in [3.63, 3.8) is 0 Å². The Balaban J connectivity index is 1.58. The zero-order valence-electron chi connectivity index (χ0n) is 16.1. The second kappa shape index (κ2) is 9.85. The van der Waals surface area contributed by atoms with E-state index in [9.17, 15) is 9.59 Å². The van der Waals surface area contributed by atoms with Crippen LogP contribution in [-0.4, -0.2) is 47.4 Å². The Bertz CT molecular complexity index is 780. The predicted molar refractivity (Wildman–Crippen MR) is 106 cm³/mol. The number of aromatic nitrogens is 1. The van der Waals surface area contributed by atoms with Gasteiger partial charge < -0.3 is 15.4 Å². The third-order valence-electron chi connectivity index (χ3n) is 4.65. The molecule has 2 aromatic rings. The van der Waals surface area contributed by atoms with E-state index in [-0.39, 0.29) is 18.2 Å². The van der Waals surface area contributed by atoms with Crippen molar-refractivity contribution >= 4 is 11.8 Å². The molecule has 2 N–H and O–H groups in total. The Morgan fingerprint density at radius 1 is 1.29 bits per heavy atom. The monoisotopic (exact) mass is 382 g/mol. The highest BCUT2D eigenvalue weighted by atomic mass is 16.5. The lowest BCUT2D eigenvalue weighted by atomic mass is 10.1. The molecule has 1 aliphatic rings.